The SMILES string of the molecule is CCCCCCCCCCOc1cc(OCC(=O)Nc2cccc(C[n+]3csc(C)c3)c2)ccc1C(C)(C)C. The van der Waals surface area contributed by atoms with Crippen molar-refractivity contribution in [2.24, 2.45) is 0 Å². The Bertz CT molecular complexity index is 1170. The van der Waals surface area contributed by atoms with Crippen molar-refractivity contribution in [3.63, 3.8) is 0 Å². The zero-order valence-electron chi connectivity index (χ0n) is 24.6. The first-order valence-electron chi connectivity index (χ1n) is 14.5. The lowest BCUT2D eigenvalue weighted by molar-refractivity contribution is -0.683. The number of hydrogen-bond donors (Lipinski definition) is 1. The predicted molar refractivity (Wildman–Crippen MR) is 162 cm³/mol. The van der Waals surface area contributed by atoms with E-state index in [1.807, 2.05) is 30.3 Å². The van der Waals surface area contributed by atoms with Crippen LogP contribution in [-0.4, -0.2) is 19.1 Å². The van der Waals surface area contributed by atoms with Crippen molar-refractivity contribution in [1.82, 2.24) is 0 Å². The average Bonchev–Trinajstić information content (AvgIpc) is 3.30. The van der Waals surface area contributed by atoms with Gasteiger partial charge in [-0.3, -0.25) is 4.79 Å². The standard InChI is InChI=1S/C33H46N2O3S/c1-6-7-8-9-10-11-12-13-19-37-31-21-29(17-18-30(31)33(3,4)5)38-24-32(36)34-28-16-14-15-27(20-28)23-35-22-26(2)39-25-35/h14-18,20-22,25H,6-13,19,23-24H2,1-5H3/p+1. The minimum atomic E-state index is -0.188. The van der Waals surface area contributed by atoms with Gasteiger partial charge in [-0.05, 0) is 42.5 Å². The summed E-state index contributed by atoms with van der Waals surface area (Å²) in [6.07, 6.45) is 12.3. The first-order chi connectivity index (χ1) is 18.7. The second-order valence-corrected chi connectivity index (χ2v) is 12.5. The van der Waals surface area contributed by atoms with E-state index < -0.39 is 0 Å². The molecule has 2 aromatic carbocycles. The maximum Gasteiger partial charge on any atom is 0.262 e. The molecule has 0 aliphatic rings. The molecule has 0 saturated heterocycles. The molecule has 0 bridgehead atoms. The number of aromatic nitrogens is 1. The summed E-state index contributed by atoms with van der Waals surface area (Å²) in [5.74, 6) is 1.30. The van der Waals surface area contributed by atoms with Gasteiger partial charge in [0.05, 0.1) is 11.5 Å². The van der Waals surface area contributed by atoms with E-state index in [4.69, 9.17) is 9.47 Å². The first kappa shape index (κ1) is 30.7. The van der Waals surface area contributed by atoms with Gasteiger partial charge in [0.25, 0.3) is 5.91 Å². The van der Waals surface area contributed by atoms with Crippen LogP contribution >= 0.6 is 11.3 Å². The van der Waals surface area contributed by atoms with Crippen LogP contribution in [0.2, 0.25) is 0 Å². The minimum Gasteiger partial charge on any atom is -0.493 e. The third kappa shape index (κ3) is 11.0. The normalized spacial score (nSPS) is 11.4. The van der Waals surface area contributed by atoms with Gasteiger partial charge < -0.3 is 14.8 Å². The Morgan fingerprint density at radius 2 is 1.69 bits per heavy atom. The van der Waals surface area contributed by atoms with E-state index in [2.05, 4.69) is 68.3 Å². The van der Waals surface area contributed by atoms with Gasteiger partial charge in [0.15, 0.2) is 19.3 Å². The highest BCUT2D eigenvalue weighted by molar-refractivity contribution is 7.09. The molecule has 3 rings (SSSR count). The molecule has 0 unspecified atom stereocenters. The number of nitrogens with one attached hydrogen (secondary N) is 1. The molecule has 212 valence electrons. The summed E-state index contributed by atoms with van der Waals surface area (Å²) in [6, 6.07) is 13.9. The van der Waals surface area contributed by atoms with Gasteiger partial charge in [0.1, 0.15) is 11.5 Å². The molecule has 0 aliphatic heterocycles. The van der Waals surface area contributed by atoms with Crippen LogP contribution in [0.3, 0.4) is 0 Å². The second kappa shape index (κ2) is 15.7. The van der Waals surface area contributed by atoms with Crippen LogP contribution in [-0.2, 0) is 16.8 Å². The summed E-state index contributed by atoms with van der Waals surface area (Å²) in [4.78, 5) is 13.9. The molecule has 0 aliphatic carbocycles. The van der Waals surface area contributed by atoms with E-state index in [0.29, 0.717) is 12.4 Å². The van der Waals surface area contributed by atoms with Crippen molar-refractivity contribution in [2.75, 3.05) is 18.5 Å². The van der Waals surface area contributed by atoms with Gasteiger partial charge in [-0.15, -0.1) is 0 Å². The number of ether oxygens (including phenoxy) is 2. The molecule has 6 heteroatoms. The van der Waals surface area contributed by atoms with Gasteiger partial charge in [0.2, 0.25) is 5.51 Å². The number of carbonyl (C=O) groups is 1. The van der Waals surface area contributed by atoms with Crippen LogP contribution in [0.25, 0.3) is 0 Å². The Hall–Kier alpha value is -2.86. The van der Waals surface area contributed by atoms with Gasteiger partial charge >= 0.3 is 0 Å². The zero-order chi connectivity index (χ0) is 28.1. The summed E-state index contributed by atoms with van der Waals surface area (Å²) < 4.78 is 14.3. The minimum absolute atomic E-state index is 0.0461. The fourth-order valence-electron chi connectivity index (χ4n) is 4.58. The fraction of sp³-hybridized carbons (Fsp3) is 0.515. The maximum atomic E-state index is 12.7. The van der Waals surface area contributed by atoms with Crippen molar-refractivity contribution < 1.29 is 18.8 Å². The first-order valence-corrected chi connectivity index (χ1v) is 15.4. The molecule has 5 nitrogen and oxygen atoms in total. The third-order valence-corrected chi connectivity index (χ3v) is 7.54. The Morgan fingerprint density at radius 3 is 2.38 bits per heavy atom. The van der Waals surface area contributed by atoms with Crippen LogP contribution in [0.1, 0.15) is 95.1 Å². The number of carbonyl (C=O) groups excluding carboxylic acids is 1. The van der Waals surface area contributed by atoms with Crippen LogP contribution in [0.4, 0.5) is 5.69 Å². The molecule has 39 heavy (non-hydrogen) atoms. The summed E-state index contributed by atoms with van der Waals surface area (Å²) in [5, 5.41) is 2.96. The number of thiazole rings is 1. The predicted octanol–water partition coefficient (Wildman–Crippen LogP) is 8.23. The van der Waals surface area contributed by atoms with Crippen molar-refractivity contribution >= 4 is 22.9 Å². The smallest absolute Gasteiger partial charge is 0.262 e. The number of anilines is 1. The Morgan fingerprint density at radius 1 is 0.949 bits per heavy atom. The average molecular weight is 552 g/mol. The number of rotatable bonds is 16. The maximum absolute atomic E-state index is 12.7. The third-order valence-electron chi connectivity index (χ3n) is 6.68. The second-order valence-electron chi connectivity index (χ2n) is 11.4. The number of nitrogens with zero attached hydrogens (tertiary/aromatic N) is 1. The molecule has 1 aromatic heterocycles. The molecule has 1 amide bonds. The van der Waals surface area contributed by atoms with Crippen LogP contribution < -0.4 is 19.4 Å². The lowest BCUT2D eigenvalue weighted by Crippen LogP contribution is -2.30. The Kier molecular flexibility index (Phi) is 12.3. The largest absolute Gasteiger partial charge is 0.493 e. The zero-order valence-corrected chi connectivity index (χ0v) is 25.4. The molecule has 1 N–H and O–H groups in total. The molecule has 0 spiro atoms. The van der Waals surface area contributed by atoms with Crippen molar-refractivity contribution in [3.8, 4) is 11.5 Å². The van der Waals surface area contributed by atoms with E-state index in [9.17, 15) is 4.79 Å². The number of amides is 1. The molecular weight excluding hydrogens is 504 g/mol. The van der Waals surface area contributed by atoms with Crippen molar-refractivity contribution in [1.29, 1.82) is 0 Å². The molecule has 0 radical (unpaired) electrons. The monoisotopic (exact) mass is 551 g/mol. The van der Waals surface area contributed by atoms with E-state index in [-0.39, 0.29) is 17.9 Å². The highest BCUT2D eigenvalue weighted by atomic mass is 32.1. The Balaban J connectivity index is 1.49. The van der Waals surface area contributed by atoms with E-state index >= 15 is 0 Å². The molecule has 0 fully saturated rings. The van der Waals surface area contributed by atoms with Gasteiger partial charge in [-0.1, -0.05) is 102 Å². The topological polar surface area (TPSA) is 51.4 Å². The summed E-state index contributed by atoms with van der Waals surface area (Å²) >= 11 is 1.72. The fourth-order valence-corrected chi connectivity index (χ4v) is 5.22. The Labute approximate surface area is 239 Å². The van der Waals surface area contributed by atoms with E-state index in [0.717, 1.165) is 35.5 Å². The lowest BCUT2D eigenvalue weighted by atomic mass is 9.86. The van der Waals surface area contributed by atoms with E-state index in [1.165, 1.54) is 49.8 Å². The van der Waals surface area contributed by atoms with E-state index in [1.54, 1.807) is 11.3 Å². The lowest BCUT2D eigenvalue weighted by Gasteiger charge is -2.23. The van der Waals surface area contributed by atoms with Crippen LogP contribution in [0.5, 0.6) is 11.5 Å². The van der Waals surface area contributed by atoms with Crippen molar-refractivity contribution in [3.05, 3.63) is 70.2 Å². The number of hydrogen-bond acceptors (Lipinski definition) is 4. The number of unbranched alkanes of at least 4 members (excludes halogenated alkanes) is 7. The van der Waals surface area contributed by atoms with Crippen LogP contribution in [0.15, 0.2) is 54.2 Å². The van der Waals surface area contributed by atoms with Crippen molar-refractivity contribution in [2.45, 2.75) is 97.9 Å². The molecule has 0 atom stereocenters. The molecule has 3 aromatic rings. The van der Waals surface area contributed by atoms with Crippen LogP contribution in [0, 0.1) is 6.92 Å². The molecular formula is C33H47N2O3S+. The molecule has 0 saturated carbocycles. The summed E-state index contributed by atoms with van der Waals surface area (Å²) in [6.45, 7) is 12.3. The van der Waals surface area contributed by atoms with Gasteiger partial charge in [0, 0.05) is 17.3 Å². The quantitative estimate of drug-likeness (QED) is 0.144. The highest BCUT2D eigenvalue weighted by Crippen LogP contribution is 2.34. The van der Waals surface area contributed by atoms with Gasteiger partial charge in [-0.25, -0.2) is 0 Å². The summed E-state index contributed by atoms with van der Waals surface area (Å²) in [5.41, 5.74) is 5.11. The number of benzene rings is 2. The van der Waals surface area contributed by atoms with Gasteiger partial charge in [-0.2, -0.15) is 4.57 Å². The molecule has 1 heterocycles. The summed E-state index contributed by atoms with van der Waals surface area (Å²) in [7, 11) is 0. The highest BCUT2D eigenvalue weighted by Gasteiger charge is 2.20. The number of aryl methyl sites for hydroxylation is 1.